The minimum Gasteiger partial charge on any atom is -0.336 e. The second-order valence-corrected chi connectivity index (χ2v) is 8.26. The highest BCUT2D eigenvalue weighted by Crippen LogP contribution is 2.19. The van der Waals surface area contributed by atoms with Crippen molar-refractivity contribution in [2.75, 3.05) is 26.2 Å². The number of nitrogens with one attached hydrogen (secondary N) is 1. The van der Waals surface area contributed by atoms with E-state index in [2.05, 4.69) is 20.6 Å². The van der Waals surface area contributed by atoms with Crippen LogP contribution in [0.2, 0.25) is 0 Å². The SMILES string of the molecule is O=C(c1ccc(-c2nn[nH]n2)cc1)N1CCN(S(=O)(=O)c2ccccc2)CC1. The van der Waals surface area contributed by atoms with Crippen molar-refractivity contribution in [1.29, 1.82) is 0 Å². The van der Waals surface area contributed by atoms with Crippen LogP contribution in [0.15, 0.2) is 59.5 Å². The summed E-state index contributed by atoms with van der Waals surface area (Å²) < 4.78 is 26.8. The van der Waals surface area contributed by atoms with Gasteiger partial charge in [-0.05, 0) is 29.5 Å². The molecule has 3 aromatic rings. The van der Waals surface area contributed by atoms with E-state index >= 15 is 0 Å². The van der Waals surface area contributed by atoms with Gasteiger partial charge in [-0.3, -0.25) is 4.79 Å². The van der Waals surface area contributed by atoms with E-state index in [-0.39, 0.29) is 23.9 Å². The van der Waals surface area contributed by atoms with Gasteiger partial charge in [0.05, 0.1) is 4.90 Å². The zero-order valence-corrected chi connectivity index (χ0v) is 15.7. The Morgan fingerprint density at radius 3 is 2.21 bits per heavy atom. The van der Waals surface area contributed by atoms with Crippen LogP contribution in [-0.2, 0) is 10.0 Å². The van der Waals surface area contributed by atoms with Crippen LogP contribution < -0.4 is 0 Å². The topological polar surface area (TPSA) is 112 Å². The molecule has 0 spiro atoms. The van der Waals surface area contributed by atoms with E-state index in [9.17, 15) is 13.2 Å². The van der Waals surface area contributed by atoms with E-state index in [1.54, 1.807) is 59.5 Å². The van der Waals surface area contributed by atoms with Crippen LogP contribution in [0, 0.1) is 0 Å². The molecular formula is C18H18N6O3S. The standard InChI is InChI=1S/C18H18N6O3S/c25-18(15-8-6-14(7-9-15)17-19-21-22-20-17)23-10-12-24(13-11-23)28(26,27)16-4-2-1-3-5-16/h1-9H,10-13H2,(H,19,20,21,22). The number of carbonyl (C=O) groups is 1. The molecule has 0 unspecified atom stereocenters. The largest absolute Gasteiger partial charge is 0.336 e. The maximum Gasteiger partial charge on any atom is 0.253 e. The monoisotopic (exact) mass is 398 g/mol. The van der Waals surface area contributed by atoms with Gasteiger partial charge in [0.2, 0.25) is 15.8 Å². The summed E-state index contributed by atoms with van der Waals surface area (Å²) in [5.74, 6) is 0.329. The molecule has 1 N–H and O–H groups in total. The number of H-pyrrole nitrogens is 1. The van der Waals surface area contributed by atoms with Crippen molar-refractivity contribution in [1.82, 2.24) is 29.8 Å². The summed E-state index contributed by atoms with van der Waals surface area (Å²) in [5, 5.41) is 13.7. The maximum atomic E-state index is 12.7. The van der Waals surface area contributed by atoms with Crippen LogP contribution in [0.25, 0.3) is 11.4 Å². The quantitative estimate of drug-likeness (QED) is 0.702. The molecular weight excluding hydrogens is 380 g/mol. The third-order valence-corrected chi connectivity index (χ3v) is 6.56. The average Bonchev–Trinajstić information content (AvgIpc) is 3.29. The van der Waals surface area contributed by atoms with Gasteiger partial charge in [0.1, 0.15) is 0 Å². The van der Waals surface area contributed by atoms with Crippen LogP contribution >= 0.6 is 0 Å². The Hall–Kier alpha value is -3.11. The highest BCUT2D eigenvalue weighted by molar-refractivity contribution is 7.89. The molecule has 10 heteroatoms. The molecule has 1 fully saturated rings. The number of sulfonamides is 1. The van der Waals surface area contributed by atoms with Gasteiger partial charge in [-0.15, -0.1) is 10.2 Å². The minimum absolute atomic E-state index is 0.128. The summed E-state index contributed by atoms with van der Waals surface area (Å²) in [5.41, 5.74) is 1.29. The van der Waals surface area contributed by atoms with Crippen molar-refractivity contribution < 1.29 is 13.2 Å². The van der Waals surface area contributed by atoms with Gasteiger partial charge in [-0.2, -0.15) is 9.52 Å². The lowest BCUT2D eigenvalue weighted by molar-refractivity contribution is 0.0698. The molecule has 1 aliphatic heterocycles. The Morgan fingerprint density at radius 1 is 0.929 bits per heavy atom. The normalized spacial score (nSPS) is 15.5. The van der Waals surface area contributed by atoms with Gasteiger partial charge in [0.15, 0.2) is 0 Å². The summed E-state index contributed by atoms with van der Waals surface area (Å²) in [6.45, 7) is 1.23. The Bertz CT molecular complexity index is 1040. The van der Waals surface area contributed by atoms with Gasteiger partial charge in [-0.1, -0.05) is 30.3 Å². The fourth-order valence-corrected chi connectivity index (χ4v) is 4.54. The number of tetrazole rings is 1. The number of aromatic nitrogens is 4. The molecule has 28 heavy (non-hydrogen) atoms. The maximum absolute atomic E-state index is 12.7. The van der Waals surface area contributed by atoms with Gasteiger partial charge >= 0.3 is 0 Å². The summed E-state index contributed by atoms with van der Waals surface area (Å²) in [6, 6.07) is 15.3. The molecule has 1 saturated heterocycles. The van der Waals surface area contributed by atoms with Crippen molar-refractivity contribution in [3.63, 3.8) is 0 Å². The number of nitrogens with zero attached hydrogens (tertiary/aromatic N) is 5. The molecule has 1 amide bonds. The first-order valence-electron chi connectivity index (χ1n) is 8.74. The Labute approximate surface area is 162 Å². The van der Waals surface area contributed by atoms with Crippen LogP contribution in [0.5, 0.6) is 0 Å². The van der Waals surface area contributed by atoms with Crippen LogP contribution in [0.3, 0.4) is 0 Å². The molecule has 0 saturated carbocycles. The first kappa shape index (κ1) is 18.3. The number of aromatic amines is 1. The van der Waals surface area contributed by atoms with E-state index in [1.165, 1.54) is 4.31 Å². The minimum atomic E-state index is -3.53. The second-order valence-electron chi connectivity index (χ2n) is 6.32. The zero-order valence-electron chi connectivity index (χ0n) is 14.9. The van der Waals surface area contributed by atoms with Crippen molar-refractivity contribution >= 4 is 15.9 Å². The number of rotatable bonds is 4. The van der Waals surface area contributed by atoms with Crippen LogP contribution in [0.4, 0.5) is 0 Å². The predicted octanol–water partition coefficient (Wildman–Crippen LogP) is 1.01. The smallest absolute Gasteiger partial charge is 0.253 e. The van der Waals surface area contributed by atoms with E-state index in [0.717, 1.165) is 5.56 Å². The number of hydrogen-bond donors (Lipinski definition) is 1. The molecule has 1 aromatic heterocycles. The Balaban J connectivity index is 1.41. The predicted molar refractivity (Wildman–Crippen MR) is 101 cm³/mol. The van der Waals surface area contributed by atoms with Crippen molar-refractivity contribution in [3.05, 3.63) is 60.2 Å². The molecule has 1 aliphatic rings. The molecule has 0 aliphatic carbocycles. The lowest BCUT2D eigenvalue weighted by Crippen LogP contribution is -2.50. The number of benzene rings is 2. The lowest BCUT2D eigenvalue weighted by Gasteiger charge is -2.34. The molecule has 2 heterocycles. The van der Waals surface area contributed by atoms with E-state index in [4.69, 9.17) is 0 Å². The molecule has 144 valence electrons. The number of carbonyl (C=O) groups excluding carboxylic acids is 1. The first-order valence-corrected chi connectivity index (χ1v) is 10.2. The molecule has 0 bridgehead atoms. The molecule has 0 atom stereocenters. The van der Waals surface area contributed by atoms with Crippen LogP contribution in [0.1, 0.15) is 10.4 Å². The number of hydrogen-bond acceptors (Lipinski definition) is 6. The number of amides is 1. The van der Waals surface area contributed by atoms with E-state index < -0.39 is 10.0 Å². The fourth-order valence-electron chi connectivity index (χ4n) is 3.10. The third-order valence-electron chi connectivity index (χ3n) is 4.64. The van der Waals surface area contributed by atoms with Gasteiger partial charge in [0, 0.05) is 37.3 Å². The molecule has 0 radical (unpaired) electrons. The van der Waals surface area contributed by atoms with E-state index in [1.807, 2.05) is 0 Å². The lowest BCUT2D eigenvalue weighted by atomic mass is 10.1. The van der Waals surface area contributed by atoms with Crippen molar-refractivity contribution in [3.8, 4) is 11.4 Å². The molecule has 2 aromatic carbocycles. The van der Waals surface area contributed by atoms with Crippen molar-refractivity contribution in [2.45, 2.75) is 4.90 Å². The third kappa shape index (κ3) is 3.51. The number of piperazine rings is 1. The first-order chi connectivity index (χ1) is 13.6. The average molecular weight is 398 g/mol. The Morgan fingerprint density at radius 2 is 1.61 bits per heavy atom. The Kier molecular flexibility index (Phi) is 4.88. The van der Waals surface area contributed by atoms with Gasteiger partial charge in [-0.25, -0.2) is 8.42 Å². The van der Waals surface area contributed by atoms with Crippen molar-refractivity contribution in [2.24, 2.45) is 0 Å². The van der Waals surface area contributed by atoms with Gasteiger partial charge in [0.25, 0.3) is 5.91 Å². The highest BCUT2D eigenvalue weighted by Gasteiger charge is 2.30. The molecule has 9 nitrogen and oxygen atoms in total. The summed E-state index contributed by atoms with van der Waals surface area (Å²) >= 11 is 0. The highest BCUT2D eigenvalue weighted by atomic mass is 32.2. The van der Waals surface area contributed by atoms with Crippen LogP contribution in [-0.4, -0.2) is 70.3 Å². The fraction of sp³-hybridized carbons (Fsp3) is 0.222. The van der Waals surface area contributed by atoms with E-state index in [0.29, 0.717) is 24.5 Å². The summed E-state index contributed by atoms with van der Waals surface area (Å²) in [4.78, 5) is 14.7. The summed E-state index contributed by atoms with van der Waals surface area (Å²) in [6.07, 6.45) is 0. The second kappa shape index (κ2) is 7.49. The zero-order chi connectivity index (χ0) is 19.6. The molecule has 4 rings (SSSR count). The van der Waals surface area contributed by atoms with Gasteiger partial charge < -0.3 is 4.90 Å². The summed E-state index contributed by atoms with van der Waals surface area (Å²) in [7, 11) is -3.53.